The van der Waals surface area contributed by atoms with Crippen LogP contribution < -0.4 is 0 Å². The maximum absolute atomic E-state index is 12.4. The highest BCUT2D eigenvalue weighted by molar-refractivity contribution is 6.43. The van der Waals surface area contributed by atoms with Crippen LogP contribution in [0, 0.1) is 0 Å². The van der Waals surface area contributed by atoms with Crippen molar-refractivity contribution in [1.82, 2.24) is 4.90 Å². The van der Waals surface area contributed by atoms with Gasteiger partial charge in [-0.3, -0.25) is 9.59 Å². The maximum atomic E-state index is 12.4. The summed E-state index contributed by atoms with van der Waals surface area (Å²) in [5, 5.41) is 9.20. The molecule has 0 heterocycles. The number of amides is 1. The fourth-order valence-corrected chi connectivity index (χ4v) is 2.02. The number of carbonyl (C=O) groups is 2. The lowest BCUT2D eigenvalue weighted by Gasteiger charge is -2.26. The average molecular weight is 304 g/mol. The lowest BCUT2D eigenvalue weighted by Crippen LogP contribution is -2.38. The first kappa shape index (κ1) is 15.8. The molecule has 6 heteroatoms. The Labute approximate surface area is 121 Å². The van der Waals surface area contributed by atoms with Gasteiger partial charge < -0.3 is 10.0 Å². The van der Waals surface area contributed by atoms with E-state index in [0.29, 0.717) is 5.02 Å². The minimum atomic E-state index is -0.948. The largest absolute Gasteiger partial charge is 0.481 e. The summed E-state index contributed by atoms with van der Waals surface area (Å²) >= 11 is 11.9. The molecule has 0 aliphatic rings. The van der Waals surface area contributed by atoms with Gasteiger partial charge in [-0.15, -0.1) is 0 Å². The molecule has 0 unspecified atom stereocenters. The molecule has 1 N–H and O–H groups in total. The fraction of sp³-hybridized carbons (Fsp3) is 0.385. The van der Waals surface area contributed by atoms with E-state index in [1.165, 1.54) is 4.90 Å². The van der Waals surface area contributed by atoms with Gasteiger partial charge in [0.25, 0.3) is 5.91 Å². The number of benzene rings is 1. The summed E-state index contributed by atoms with van der Waals surface area (Å²) in [7, 11) is 0. The summed E-state index contributed by atoms with van der Waals surface area (Å²) in [6.45, 7) is 3.77. The topological polar surface area (TPSA) is 57.6 Å². The standard InChI is InChI=1S/C13H15Cl2NO3/c1-8(2)16(7-6-11(17)18)13(19)9-4-3-5-10(14)12(9)15/h3-5,8H,6-7H2,1-2H3,(H,17,18). The van der Waals surface area contributed by atoms with Crippen molar-refractivity contribution in [2.75, 3.05) is 6.54 Å². The molecule has 0 atom stereocenters. The minimum Gasteiger partial charge on any atom is -0.481 e. The molecule has 4 nitrogen and oxygen atoms in total. The van der Waals surface area contributed by atoms with Gasteiger partial charge in [0, 0.05) is 12.6 Å². The second-order valence-electron chi connectivity index (χ2n) is 4.34. The summed E-state index contributed by atoms with van der Waals surface area (Å²) in [4.78, 5) is 24.4. The zero-order valence-electron chi connectivity index (χ0n) is 10.7. The van der Waals surface area contributed by atoms with Crippen LogP contribution in [-0.2, 0) is 4.79 Å². The predicted molar refractivity (Wildman–Crippen MR) is 74.9 cm³/mol. The second kappa shape index (κ2) is 6.78. The smallest absolute Gasteiger partial charge is 0.305 e. The van der Waals surface area contributed by atoms with E-state index in [1.807, 2.05) is 13.8 Å². The molecule has 0 saturated heterocycles. The summed E-state index contributed by atoms with van der Waals surface area (Å²) in [5.41, 5.74) is 0.285. The Morgan fingerprint density at radius 1 is 1.32 bits per heavy atom. The molecule has 1 rings (SSSR count). The van der Waals surface area contributed by atoms with E-state index < -0.39 is 5.97 Å². The number of halogens is 2. The summed E-state index contributed by atoms with van der Waals surface area (Å²) in [5.74, 6) is -1.26. The highest BCUT2D eigenvalue weighted by atomic mass is 35.5. The molecule has 0 aliphatic heterocycles. The van der Waals surface area contributed by atoms with Crippen molar-refractivity contribution in [3.05, 3.63) is 33.8 Å². The van der Waals surface area contributed by atoms with Gasteiger partial charge in [-0.05, 0) is 26.0 Å². The normalized spacial score (nSPS) is 10.6. The Balaban J connectivity index is 2.99. The first-order valence-electron chi connectivity index (χ1n) is 5.81. The van der Waals surface area contributed by atoms with Crippen LogP contribution in [0.5, 0.6) is 0 Å². The van der Waals surface area contributed by atoms with E-state index in [1.54, 1.807) is 18.2 Å². The summed E-state index contributed by atoms with van der Waals surface area (Å²) in [6, 6.07) is 4.68. The highest BCUT2D eigenvalue weighted by Gasteiger charge is 2.22. The molecule has 104 valence electrons. The van der Waals surface area contributed by atoms with Crippen molar-refractivity contribution < 1.29 is 14.7 Å². The predicted octanol–water partition coefficient (Wildman–Crippen LogP) is 3.32. The summed E-state index contributed by atoms with van der Waals surface area (Å²) < 4.78 is 0. The van der Waals surface area contributed by atoms with Gasteiger partial charge in [0.1, 0.15) is 0 Å². The Morgan fingerprint density at radius 2 is 1.95 bits per heavy atom. The lowest BCUT2D eigenvalue weighted by atomic mass is 10.1. The number of rotatable bonds is 5. The van der Waals surface area contributed by atoms with Crippen LogP contribution in [0.3, 0.4) is 0 Å². The van der Waals surface area contributed by atoms with Gasteiger partial charge in [-0.1, -0.05) is 29.3 Å². The molecule has 0 aromatic heterocycles. The molecular weight excluding hydrogens is 289 g/mol. The van der Waals surface area contributed by atoms with Crippen LogP contribution >= 0.6 is 23.2 Å². The van der Waals surface area contributed by atoms with E-state index in [-0.39, 0.29) is 35.5 Å². The molecule has 1 amide bonds. The Hall–Kier alpha value is -1.26. The number of hydrogen-bond acceptors (Lipinski definition) is 2. The maximum Gasteiger partial charge on any atom is 0.305 e. The molecule has 0 bridgehead atoms. The van der Waals surface area contributed by atoms with Crippen molar-refractivity contribution in [2.45, 2.75) is 26.3 Å². The third-order valence-corrected chi connectivity index (χ3v) is 3.45. The van der Waals surface area contributed by atoms with Crippen LogP contribution in [0.15, 0.2) is 18.2 Å². The SMILES string of the molecule is CC(C)N(CCC(=O)O)C(=O)c1cccc(Cl)c1Cl. The molecule has 0 fully saturated rings. The Kier molecular flexibility index (Phi) is 5.63. The number of carboxylic acids is 1. The second-order valence-corrected chi connectivity index (χ2v) is 5.12. The number of hydrogen-bond donors (Lipinski definition) is 1. The van der Waals surface area contributed by atoms with Gasteiger partial charge in [0.2, 0.25) is 0 Å². The first-order chi connectivity index (χ1) is 8.84. The van der Waals surface area contributed by atoms with E-state index in [4.69, 9.17) is 28.3 Å². The number of nitrogens with zero attached hydrogens (tertiary/aromatic N) is 1. The van der Waals surface area contributed by atoms with Gasteiger partial charge in [0.15, 0.2) is 0 Å². The molecule has 0 spiro atoms. The summed E-state index contributed by atoms with van der Waals surface area (Å²) in [6.07, 6.45) is -0.109. The van der Waals surface area contributed by atoms with E-state index in [0.717, 1.165) is 0 Å². The minimum absolute atomic E-state index is 0.109. The average Bonchev–Trinajstić information content (AvgIpc) is 2.31. The molecular formula is C13H15Cl2NO3. The van der Waals surface area contributed by atoms with E-state index in [9.17, 15) is 9.59 Å². The molecule has 0 saturated carbocycles. The number of aliphatic carboxylic acids is 1. The van der Waals surface area contributed by atoms with Gasteiger partial charge in [0.05, 0.1) is 22.0 Å². The fourth-order valence-electron chi connectivity index (χ4n) is 1.63. The van der Waals surface area contributed by atoms with Crippen molar-refractivity contribution >= 4 is 35.1 Å². The van der Waals surface area contributed by atoms with Gasteiger partial charge >= 0.3 is 5.97 Å². The highest BCUT2D eigenvalue weighted by Crippen LogP contribution is 2.27. The first-order valence-corrected chi connectivity index (χ1v) is 6.57. The van der Waals surface area contributed by atoms with Crippen LogP contribution in [0.4, 0.5) is 0 Å². The van der Waals surface area contributed by atoms with Crippen molar-refractivity contribution in [1.29, 1.82) is 0 Å². The lowest BCUT2D eigenvalue weighted by molar-refractivity contribution is -0.137. The van der Waals surface area contributed by atoms with Crippen molar-refractivity contribution in [2.24, 2.45) is 0 Å². The van der Waals surface area contributed by atoms with Crippen LogP contribution in [0.1, 0.15) is 30.6 Å². The van der Waals surface area contributed by atoms with Crippen LogP contribution in [0.25, 0.3) is 0 Å². The molecule has 0 aliphatic carbocycles. The third-order valence-electron chi connectivity index (χ3n) is 2.63. The molecule has 1 aromatic rings. The third kappa shape index (κ3) is 4.11. The van der Waals surface area contributed by atoms with Gasteiger partial charge in [-0.25, -0.2) is 0 Å². The number of carbonyl (C=O) groups excluding carboxylic acids is 1. The molecule has 1 aromatic carbocycles. The van der Waals surface area contributed by atoms with Crippen molar-refractivity contribution in [3.8, 4) is 0 Å². The Morgan fingerprint density at radius 3 is 2.47 bits per heavy atom. The van der Waals surface area contributed by atoms with E-state index >= 15 is 0 Å². The molecule has 0 radical (unpaired) electrons. The molecule has 19 heavy (non-hydrogen) atoms. The quantitative estimate of drug-likeness (QED) is 0.908. The Bertz CT molecular complexity index is 489. The zero-order valence-corrected chi connectivity index (χ0v) is 12.2. The van der Waals surface area contributed by atoms with Crippen LogP contribution in [-0.4, -0.2) is 34.5 Å². The van der Waals surface area contributed by atoms with Crippen LogP contribution in [0.2, 0.25) is 10.0 Å². The zero-order chi connectivity index (χ0) is 14.6. The number of carboxylic acid groups (broad SMARTS) is 1. The van der Waals surface area contributed by atoms with E-state index in [2.05, 4.69) is 0 Å². The van der Waals surface area contributed by atoms with Gasteiger partial charge in [-0.2, -0.15) is 0 Å². The monoisotopic (exact) mass is 303 g/mol. The van der Waals surface area contributed by atoms with Crippen molar-refractivity contribution in [3.63, 3.8) is 0 Å².